The van der Waals surface area contributed by atoms with Gasteiger partial charge in [0.05, 0.1) is 0 Å². The third-order valence-electron chi connectivity index (χ3n) is 2.68. The van der Waals surface area contributed by atoms with Crippen LogP contribution >= 0.6 is 15.9 Å². The second kappa shape index (κ2) is 5.84. The minimum atomic E-state index is -0.0650. The third kappa shape index (κ3) is 3.54. The van der Waals surface area contributed by atoms with E-state index in [1.807, 2.05) is 12.1 Å². The molecule has 1 aromatic heterocycles. The van der Waals surface area contributed by atoms with Crippen LogP contribution in [0.5, 0.6) is 0 Å². The van der Waals surface area contributed by atoms with Gasteiger partial charge in [0.25, 0.3) is 5.91 Å². The highest BCUT2D eigenvalue weighted by Gasteiger charge is 2.13. The van der Waals surface area contributed by atoms with Gasteiger partial charge in [0.2, 0.25) is 0 Å². The maximum atomic E-state index is 12.3. The van der Waals surface area contributed by atoms with Crippen LogP contribution in [0, 0.1) is 0 Å². The molecule has 0 saturated carbocycles. The summed E-state index contributed by atoms with van der Waals surface area (Å²) >= 11 is 3.34. The van der Waals surface area contributed by atoms with E-state index >= 15 is 0 Å². The maximum Gasteiger partial charge on any atom is 0.254 e. The molecule has 0 aliphatic heterocycles. The molecular weight excluding hydrogens is 306 g/mol. The van der Waals surface area contributed by atoms with Crippen molar-refractivity contribution in [2.75, 3.05) is 12.8 Å². The lowest BCUT2D eigenvalue weighted by atomic mass is 10.1. The summed E-state index contributed by atoms with van der Waals surface area (Å²) in [4.78, 5) is 17.9. The quantitative estimate of drug-likeness (QED) is 0.885. The van der Waals surface area contributed by atoms with Gasteiger partial charge < -0.3 is 10.6 Å². The van der Waals surface area contributed by atoms with E-state index in [1.165, 1.54) is 0 Å². The van der Waals surface area contributed by atoms with E-state index in [0.717, 1.165) is 10.0 Å². The summed E-state index contributed by atoms with van der Waals surface area (Å²) in [6, 6.07) is 8.98. The number of rotatable bonds is 3. The lowest BCUT2D eigenvalue weighted by Crippen LogP contribution is -2.26. The highest BCUT2D eigenvalue weighted by Crippen LogP contribution is 2.18. The number of nitrogens with two attached hydrogens (primary N) is 1. The van der Waals surface area contributed by atoms with Crippen molar-refractivity contribution in [3.8, 4) is 0 Å². The van der Waals surface area contributed by atoms with Gasteiger partial charge in [-0.3, -0.25) is 9.78 Å². The van der Waals surface area contributed by atoms with Gasteiger partial charge in [-0.25, -0.2) is 0 Å². The number of amides is 1. The molecule has 0 aliphatic rings. The summed E-state index contributed by atoms with van der Waals surface area (Å²) in [6.45, 7) is 0.535. The lowest BCUT2D eigenvalue weighted by Gasteiger charge is -2.17. The summed E-state index contributed by atoms with van der Waals surface area (Å²) in [6.07, 6.45) is 3.43. The van der Waals surface area contributed by atoms with Crippen LogP contribution in [-0.2, 0) is 6.54 Å². The highest BCUT2D eigenvalue weighted by atomic mass is 79.9. The Morgan fingerprint density at radius 1 is 1.32 bits per heavy atom. The van der Waals surface area contributed by atoms with E-state index in [0.29, 0.717) is 17.8 Å². The van der Waals surface area contributed by atoms with E-state index in [2.05, 4.69) is 20.9 Å². The lowest BCUT2D eigenvalue weighted by molar-refractivity contribution is 0.0785. The first-order valence-corrected chi connectivity index (χ1v) is 6.56. The second-order valence-electron chi connectivity index (χ2n) is 4.29. The first-order chi connectivity index (χ1) is 9.06. The number of carbonyl (C=O) groups is 1. The van der Waals surface area contributed by atoms with Crippen LogP contribution < -0.4 is 5.73 Å². The molecule has 4 nitrogen and oxygen atoms in total. The molecule has 1 amide bonds. The molecule has 1 aromatic carbocycles. The molecule has 2 aromatic rings. The van der Waals surface area contributed by atoms with Gasteiger partial charge in [-0.1, -0.05) is 15.9 Å². The predicted octanol–water partition coefficient (Wildman–Crippen LogP) is 2.70. The molecule has 0 atom stereocenters. The zero-order valence-corrected chi connectivity index (χ0v) is 12.1. The van der Waals surface area contributed by atoms with Crippen LogP contribution in [-0.4, -0.2) is 22.8 Å². The summed E-state index contributed by atoms with van der Waals surface area (Å²) in [7, 11) is 1.76. The molecule has 5 heteroatoms. The molecule has 0 unspecified atom stereocenters. The van der Waals surface area contributed by atoms with Crippen molar-refractivity contribution >= 4 is 27.5 Å². The Morgan fingerprint density at radius 3 is 2.63 bits per heavy atom. The fourth-order valence-corrected chi connectivity index (χ4v) is 2.30. The number of anilines is 1. The fourth-order valence-electron chi connectivity index (χ4n) is 1.79. The summed E-state index contributed by atoms with van der Waals surface area (Å²) < 4.78 is 0.799. The number of pyridine rings is 1. The smallest absolute Gasteiger partial charge is 0.254 e. The maximum absolute atomic E-state index is 12.3. The Bertz CT molecular complexity index is 566. The second-order valence-corrected chi connectivity index (χ2v) is 5.21. The van der Waals surface area contributed by atoms with Crippen LogP contribution in [0.3, 0.4) is 0 Å². The molecule has 0 radical (unpaired) electrons. The van der Waals surface area contributed by atoms with Gasteiger partial charge in [-0.15, -0.1) is 0 Å². The van der Waals surface area contributed by atoms with Gasteiger partial charge >= 0.3 is 0 Å². The molecule has 0 spiro atoms. The van der Waals surface area contributed by atoms with E-state index in [1.54, 1.807) is 42.5 Å². The number of nitrogens with zero attached hydrogens (tertiary/aromatic N) is 2. The standard InChI is InChI=1S/C14H14BrN3O/c1-18(9-10-2-4-17-5-3-10)14(19)11-6-12(15)8-13(16)7-11/h2-8H,9,16H2,1H3. The first-order valence-electron chi connectivity index (χ1n) is 5.76. The summed E-state index contributed by atoms with van der Waals surface area (Å²) in [5.41, 5.74) is 7.91. The summed E-state index contributed by atoms with van der Waals surface area (Å²) in [5.74, 6) is -0.0650. The molecule has 19 heavy (non-hydrogen) atoms. The number of nitrogen functional groups attached to an aromatic ring is 1. The average molecular weight is 320 g/mol. The van der Waals surface area contributed by atoms with Crippen LogP contribution in [0.4, 0.5) is 5.69 Å². The monoisotopic (exact) mass is 319 g/mol. The molecule has 0 bridgehead atoms. The van der Waals surface area contributed by atoms with E-state index < -0.39 is 0 Å². The van der Waals surface area contributed by atoms with E-state index in [-0.39, 0.29) is 5.91 Å². The predicted molar refractivity (Wildman–Crippen MR) is 78.6 cm³/mol. The summed E-state index contributed by atoms with van der Waals surface area (Å²) in [5, 5.41) is 0. The molecule has 1 heterocycles. The molecule has 0 saturated heterocycles. The van der Waals surface area contributed by atoms with Crippen molar-refractivity contribution in [3.05, 3.63) is 58.3 Å². The third-order valence-corrected chi connectivity index (χ3v) is 3.14. The molecule has 0 fully saturated rings. The van der Waals surface area contributed by atoms with Crippen molar-refractivity contribution in [2.45, 2.75) is 6.54 Å². The van der Waals surface area contributed by atoms with Crippen molar-refractivity contribution in [1.82, 2.24) is 9.88 Å². The van der Waals surface area contributed by atoms with Gasteiger partial charge in [0.1, 0.15) is 0 Å². The minimum absolute atomic E-state index is 0.0650. The van der Waals surface area contributed by atoms with E-state index in [4.69, 9.17) is 5.73 Å². The number of halogens is 1. The zero-order valence-electron chi connectivity index (χ0n) is 10.5. The van der Waals surface area contributed by atoms with E-state index in [9.17, 15) is 4.79 Å². The number of hydrogen-bond acceptors (Lipinski definition) is 3. The van der Waals surface area contributed by atoms with Crippen LogP contribution in [0.15, 0.2) is 47.2 Å². The van der Waals surface area contributed by atoms with Gasteiger partial charge in [0.15, 0.2) is 0 Å². The largest absolute Gasteiger partial charge is 0.399 e. The Kier molecular flexibility index (Phi) is 4.16. The van der Waals surface area contributed by atoms with Crippen LogP contribution in [0.2, 0.25) is 0 Å². The minimum Gasteiger partial charge on any atom is -0.399 e. The molecule has 0 aliphatic carbocycles. The Hall–Kier alpha value is -1.88. The molecule has 98 valence electrons. The number of hydrogen-bond donors (Lipinski definition) is 1. The number of aromatic nitrogens is 1. The SMILES string of the molecule is CN(Cc1ccncc1)C(=O)c1cc(N)cc(Br)c1. The van der Waals surface area contributed by atoms with Crippen molar-refractivity contribution in [3.63, 3.8) is 0 Å². The van der Waals surface area contributed by atoms with Gasteiger partial charge in [-0.2, -0.15) is 0 Å². The average Bonchev–Trinajstić information content (AvgIpc) is 2.37. The number of benzene rings is 1. The van der Waals surface area contributed by atoms with Gasteiger partial charge in [0, 0.05) is 41.7 Å². The molecule has 2 rings (SSSR count). The highest BCUT2D eigenvalue weighted by molar-refractivity contribution is 9.10. The normalized spacial score (nSPS) is 10.2. The first kappa shape index (κ1) is 13.5. The zero-order chi connectivity index (χ0) is 13.8. The Labute approximate surface area is 120 Å². The fraction of sp³-hybridized carbons (Fsp3) is 0.143. The number of carbonyl (C=O) groups excluding carboxylic acids is 1. The molecular formula is C14H14BrN3O. The van der Waals surface area contributed by atoms with Crippen LogP contribution in [0.25, 0.3) is 0 Å². The Morgan fingerprint density at radius 2 is 2.00 bits per heavy atom. The van der Waals surface area contributed by atoms with Crippen molar-refractivity contribution < 1.29 is 4.79 Å². The van der Waals surface area contributed by atoms with Gasteiger partial charge in [-0.05, 0) is 35.9 Å². The molecule has 2 N–H and O–H groups in total. The Balaban J connectivity index is 2.15. The van der Waals surface area contributed by atoms with Crippen molar-refractivity contribution in [1.29, 1.82) is 0 Å². The van der Waals surface area contributed by atoms with Crippen LogP contribution in [0.1, 0.15) is 15.9 Å². The van der Waals surface area contributed by atoms with Crippen molar-refractivity contribution in [2.24, 2.45) is 0 Å². The topological polar surface area (TPSA) is 59.2 Å².